The number of hydrogen-bond donors (Lipinski definition) is 9. The fraction of sp³-hybridized carbons (Fsp3) is 0.950. The second-order valence-electron chi connectivity index (χ2n) is 9.03. The molecule has 1 aliphatic rings. The molecule has 190 valence electrons. The van der Waals surface area contributed by atoms with Gasteiger partial charge in [0.05, 0.1) is 12.7 Å². The summed E-state index contributed by atoms with van der Waals surface area (Å²) < 4.78 is 10.8. The van der Waals surface area contributed by atoms with Crippen molar-refractivity contribution >= 4 is 5.91 Å². The van der Waals surface area contributed by atoms with E-state index in [2.05, 4.69) is 10.6 Å². The van der Waals surface area contributed by atoms with Crippen molar-refractivity contribution in [3.8, 4) is 0 Å². The van der Waals surface area contributed by atoms with Gasteiger partial charge in [-0.25, -0.2) is 0 Å². The maximum absolute atomic E-state index is 12.2. The highest BCUT2D eigenvalue weighted by Crippen LogP contribution is 2.26. The summed E-state index contributed by atoms with van der Waals surface area (Å²) in [5, 5.41) is 75.8. The Bertz CT molecular complexity index is 559. The first kappa shape index (κ1) is 29.1. The zero-order valence-electron chi connectivity index (χ0n) is 19.1. The maximum Gasteiger partial charge on any atom is 0.251 e. The van der Waals surface area contributed by atoms with E-state index in [4.69, 9.17) is 9.47 Å². The lowest BCUT2D eigenvalue weighted by Gasteiger charge is -2.42. The second-order valence-corrected chi connectivity index (χ2v) is 9.03. The van der Waals surface area contributed by atoms with Crippen molar-refractivity contribution in [3.05, 3.63) is 0 Å². The van der Waals surface area contributed by atoms with E-state index in [-0.39, 0.29) is 18.5 Å². The van der Waals surface area contributed by atoms with E-state index in [0.717, 1.165) is 0 Å². The molecule has 0 aromatic heterocycles. The number of carbonyl (C=O) groups excluding carboxylic acids is 1. The number of nitrogens with one attached hydrogen (secondary N) is 2. The molecule has 0 aromatic rings. The summed E-state index contributed by atoms with van der Waals surface area (Å²) in [5.41, 5.74) is -0.0864. The van der Waals surface area contributed by atoms with Crippen LogP contribution in [0, 0.1) is 0 Å². The van der Waals surface area contributed by atoms with Gasteiger partial charge in [-0.3, -0.25) is 4.79 Å². The number of ether oxygens (including phenoxy) is 2. The van der Waals surface area contributed by atoms with Crippen LogP contribution in [-0.4, -0.2) is 122 Å². The SMILES string of the molecule is CCC1O[C@@H](O[C@@H]([C@H](O)[C@@H](O)C(=O)NCCCNC(C)(C)C)[C@H](O)CO)C(O)[C@@H](O)[C@H]1O. The maximum atomic E-state index is 12.2. The molecule has 1 fully saturated rings. The minimum absolute atomic E-state index is 0.0864. The van der Waals surface area contributed by atoms with Crippen LogP contribution in [0.15, 0.2) is 0 Å². The van der Waals surface area contributed by atoms with Crippen LogP contribution in [-0.2, 0) is 14.3 Å². The molecular weight excluding hydrogens is 428 g/mol. The Hall–Kier alpha value is -0.930. The standard InChI is InChI=1S/C20H40N2O10/c1-5-11-12(25)13(26)16(29)19(31-11)32-17(10(24)9-23)14(27)15(28)18(30)21-7-6-8-22-20(2,3)4/h10-17,19,22-29H,5-9H2,1-4H3,(H,21,30)/t10-,11?,12+,13+,14-,15-,16?,17-,19+/m1/s1. The van der Waals surface area contributed by atoms with Crippen LogP contribution in [0.2, 0.25) is 0 Å². The smallest absolute Gasteiger partial charge is 0.251 e. The molecular formula is C20H40N2O10. The molecule has 9 N–H and O–H groups in total. The lowest BCUT2D eigenvalue weighted by molar-refractivity contribution is -0.323. The van der Waals surface area contributed by atoms with Gasteiger partial charge < -0.3 is 55.9 Å². The molecule has 0 aliphatic carbocycles. The Kier molecular flexibility index (Phi) is 11.9. The summed E-state index contributed by atoms with van der Waals surface area (Å²) in [4.78, 5) is 12.2. The van der Waals surface area contributed by atoms with Crippen molar-refractivity contribution in [3.63, 3.8) is 0 Å². The van der Waals surface area contributed by atoms with Gasteiger partial charge in [-0.1, -0.05) is 6.92 Å². The highest BCUT2D eigenvalue weighted by atomic mass is 16.7. The fourth-order valence-corrected chi connectivity index (χ4v) is 3.23. The zero-order chi connectivity index (χ0) is 24.6. The lowest BCUT2D eigenvalue weighted by atomic mass is 9.97. The predicted molar refractivity (Wildman–Crippen MR) is 112 cm³/mol. The minimum atomic E-state index is -2.02. The van der Waals surface area contributed by atoms with E-state index in [1.165, 1.54) is 0 Å². The van der Waals surface area contributed by atoms with Crippen LogP contribution >= 0.6 is 0 Å². The minimum Gasteiger partial charge on any atom is -0.394 e. The van der Waals surface area contributed by atoms with Gasteiger partial charge >= 0.3 is 0 Å². The van der Waals surface area contributed by atoms with Crippen LogP contribution in [0.5, 0.6) is 0 Å². The third-order valence-electron chi connectivity index (χ3n) is 5.17. The van der Waals surface area contributed by atoms with E-state index in [1.807, 2.05) is 20.8 Å². The van der Waals surface area contributed by atoms with Gasteiger partial charge in [-0.15, -0.1) is 0 Å². The molecule has 1 amide bonds. The van der Waals surface area contributed by atoms with Crippen LogP contribution in [0.3, 0.4) is 0 Å². The third kappa shape index (κ3) is 8.45. The molecule has 9 atom stereocenters. The Morgan fingerprint density at radius 2 is 1.69 bits per heavy atom. The second kappa shape index (κ2) is 13.1. The van der Waals surface area contributed by atoms with Crippen molar-refractivity contribution in [1.29, 1.82) is 0 Å². The summed E-state index contributed by atoms with van der Waals surface area (Å²) in [6, 6.07) is 0. The largest absolute Gasteiger partial charge is 0.394 e. The Morgan fingerprint density at radius 3 is 2.22 bits per heavy atom. The molecule has 0 radical (unpaired) electrons. The van der Waals surface area contributed by atoms with Gasteiger partial charge in [0.2, 0.25) is 0 Å². The molecule has 0 spiro atoms. The van der Waals surface area contributed by atoms with Crippen LogP contribution in [0.25, 0.3) is 0 Å². The van der Waals surface area contributed by atoms with Gasteiger partial charge in [0.1, 0.15) is 36.6 Å². The molecule has 2 unspecified atom stereocenters. The van der Waals surface area contributed by atoms with Crippen molar-refractivity contribution in [2.75, 3.05) is 19.7 Å². The number of amides is 1. The topological polar surface area (TPSA) is 201 Å². The van der Waals surface area contributed by atoms with E-state index < -0.39 is 67.6 Å². The molecule has 32 heavy (non-hydrogen) atoms. The van der Waals surface area contributed by atoms with Crippen LogP contribution in [0.4, 0.5) is 0 Å². The average Bonchev–Trinajstić information content (AvgIpc) is 2.74. The molecule has 1 aliphatic heterocycles. The van der Waals surface area contributed by atoms with Crippen molar-refractivity contribution in [2.24, 2.45) is 0 Å². The summed E-state index contributed by atoms with van der Waals surface area (Å²) in [7, 11) is 0. The van der Waals surface area contributed by atoms with Gasteiger partial charge in [-0.05, 0) is 40.2 Å². The average molecular weight is 469 g/mol. The number of aliphatic hydroxyl groups excluding tert-OH is 7. The zero-order valence-corrected chi connectivity index (χ0v) is 19.1. The van der Waals surface area contributed by atoms with E-state index >= 15 is 0 Å². The highest BCUT2D eigenvalue weighted by molar-refractivity contribution is 5.81. The Labute approximate surface area is 188 Å². The monoisotopic (exact) mass is 468 g/mol. The molecule has 12 nitrogen and oxygen atoms in total. The summed E-state index contributed by atoms with van der Waals surface area (Å²) in [6.07, 6.45) is -13.9. The van der Waals surface area contributed by atoms with Gasteiger partial charge in [-0.2, -0.15) is 0 Å². The van der Waals surface area contributed by atoms with Crippen LogP contribution < -0.4 is 10.6 Å². The van der Waals surface area contributed by atoms with Gasteiger partial charge in [0.15, 0.2) is 12.4 Å². The molecule has 1 saturated heterocycles. The van der Waals surface area contributed by atoms with E-state index in [0.29, 0.717) is 13.0 Å². The van der Waals surface area contributed by atoms with E-state index in [9.17, 15) is 40.5 Å². The molecule has 12 heteroatoms. The number of carbonyl (C=O) groups is 1. The molecule has 0 saturated carbocycles. The summed E-state index contributed by atoms with van der Waals surface area (Å²) in [5.74, 6) is -0.918. The Balaban J connectivity index is 2.74. The molecule has 1 rings (SSSR count). The molecule has 0 aromatic carbocycles. The number of aliphatic hydroxyl groups is 7. The quantitative estimate of drug-likeness (QED) is 0.129. The first-order valence-corrected chi connectivity index (χ1v) is 10.9. The third-order valence-corrected chi connectivity index (χ3v) is 5.17. The predicted octanol–water partition coefficient (Wildman–Crippen LogP) is -3.44. The normalized spacial score (nSPS) is 30.4. The van der Waals surface area contributed by atoms with Crippen molar-refractivity contribution in [1.82, 2.24) is 10.6 Å². The fourth-order valence-electron chi connectivity index (χ4n) is 3.23. The summed E-state index contributed by atoms with van der Waals surface area (Å²) in [6.45, 7) is 7.58. The first-order valence-electron chi connectivity index (χ1n) is 10.9. The van der Waals surface area contributed by atoms with Crippen LogP contribution in [0.1, 0.15) is 40.5 Å². The van der Waals surface area contributed by atoms with E-state index in [1.54, 1.807) is 6.92 Å². The van der Waals surface area contributed by atoms with Gasteiger partial charge in [0.25, 0.3) is 5.91 Å². The van der Waals surface area contributed by atoms with Gasteiger partial charge in [0, 0.05) is 12.1 Å². The Morgan fingerprint density at radius 1 is 1.06 bits per heavy atom. The van der Waals surface area contributed by atoms with Crippen molar-refractivity contribution < 1.29 is 50.0 Å². The summed E-state index contributed by atoms with van der Waals surface area (Å²) >= 11 is 0. The number of hydrogen-bond acceptors (Lipinski definition) is 11. The number of rotatable bonds is 12. The lowest BCUT2D eigenvalue weighted by Crippen LogP contribution is -2.61. The first-order chi connectivity index (χ1) is 14.8. The molecule has 1 heterocycles. The van der Waals surface area contributed by atoms with Crippen molar-refractivity contribution in [2.45, 2.75) is 101 Å². The molecule has 0 bridgehead atoms. The highest BCUT2D eigenvalue weighted by Gasteiger charge is 2.47.